The summed E-state index contributed by atoms with van der Waals surface area (Å²) < 4.78 is 0. The maximum Gasteiger partial charge on any atom is 0.326 e. The summed E-state index contributed by atoms with van der Waals surface area (Å²) in [6.45, 7) is -0.639. The summed E-state index contributed by atoms with van der Waals surface area (Å²) >= 11 is 0. The molecule has 0 unspecified atom stereocenters. The molecule has 0 aliphatic rings. The number of carbonyl (C=O) groups is 2. The minimum atomic E-state index is -1.12. The largest absolute Gasteiger partial charge is 0.480 e. The van der Waals surface area contributed by atoms with E-state index in [1.165, 1.54) is 0 Å². The van der Waals surface area contributed by atoms with E-state index in [-0.39, 0.29) is 6.42 Å². The van der Waals surface area contributed by atoms with Crippen molar-refractivity contribution < 1.29 is 19.8 Å². The molecular weight excluding hydrogens is 210 g/mol. The van der Waals surface area contributed by atoms with Gasteiger partial charge in [0.2, 0.25) is 0 Å². The van der Waals surface area contributed by atoms with E-state index in [0.29, 0.717) is 5.69 Å². The zero-order chi connectivity index (χ0) is 12.0. The van der Waals surface area contributed by atoms with Gasteiger partial charge in [0.1, 0.15) is 12.6 Å². The van der Waals surface area contributed by atoms with Gasteiger partial charge >= 0.3 is 5.97 Å². The minimum Gasteiger partial charge on any atom is -0.480 e. The number of aliphatic carboxylic acids is 1. The highest BCUT2D eigenvalue weighted by Gasteiger charge is 2.20. The van der Waals surface area contributed by atoms with Crippen molar-refractivity contribution in [3.63, 3.8) is 0 Å². The first kappa shape index (κ1) is 12.2. The molecule has 0 saturated carbocycles. The molecule has 0 aliphatic heterocycles. The number of aliphatic hydroxyl groups excluding tert-OH is 1. The van der Waals surface area contributed by atoms with Crippen LogP contribution >= 0.6 is 0 Å². The molecule has 1 aromatic rings. The zero-order valence-electron chi connectivity index (χ0n) is 8.59. The van der Waals surface area contributed by atoms with E-state index in [1.807, 2.05) is 0 Å². The number of para-hydroxylation sites is 1. The number of aliphatic hydroxyl groups is 1. The predicted octanol–water partition coefficient (Wildman–Crippen LogP) is 0.503. The molecule has 0 saturated heterocycles. The van der Waals surface area contributed by atoms with Gasteiger partial charge in [-0.15, -0.1) is 0 Å². The van der Waals surface area contributed by atoms with Gasteiger partial charge in [-0.25, -0.2) is 4.79 Å². The van der Waals surface area contributed by atoms with Crippen molar-refractivity contribution in [1.82, 2.24) is 0 Å². The maximum absolute atomic E-state index is 11.0. The topological polar surface area (TPSA) is 86.6 Å². The molecular formula is C11H13NO4. The number of carbonyl (C=O) groups excluding carboxylic acids is 1. The molecule has 0 aliphatic carbocycles. The fraction of sp³-hybridized carbons (Fsp3) is 0.273. The smallest absolute Gasteiger partial charge is 0.326 e. The Balaban J connectivity index is 2.65. The highest BCUT2D eigenvalue weighted by Crippen LogP contribution is 2.09. The van der Waals surface area contributed by atoms with Gasteiger partial charge in [0, 0.05) is 12.1 Å². The number of nitrogens with one attached hydrogen (secondary N) is 1. The molecule has 0 aromatic heterocycles. The van der Waals surface area contributed by atoms with Crippen LogP contribution in [0.5, 0.6) is 0 Å². The van der Waals surface area contributed by atoms with Gasteiger partial charge in [-0.3, -0.25) is 4.79 Å². The van der Waals surface area contributed by atoms with E-state index in [4.69, 9.17) is 10.2 Å². The lowest BCUT2D eigenvalue weighted by Gasteiger charge is -2.14. The van der Waals surface area contributed by atoms with Crippen LogP contribution in [-0.2, 0) is 9.59 Å². The summed E-state index contributed by atoms with van der Waals surface area (Å²) in [5, 5.41) is 20.2. The van der Waals surface area contributed by atoms with Crippen LogP contribution in [0.15, 0.2) is 30.3 Å². The van der Waals surface area contributed by atoms with Crippen LogP contribution in [-0.4, -0.2) is 34.6 Å². The third-order valence-electron chi connectivity index (χ3n) is 2.02. The van der Waals surface area contributed by atoms with Gasteiger partial charge in [-0.2, -0.15) is 0 Å². The second-order valence-electron chi connectivity index (χ2n) is 3.30. The van der Waals surface area contributed by atoms with Crippen LogP contribution in [0.4, 0.5) is 5.69 Å². The lowest BCUT2D eigenvalue weighted by Crippen LogP contribution is -2.32. The predicted molar refractivity (Wildman–Crippen MR) is 58.2 cm³/mol. The molecule has 5 heteroatoms. The summed E-state index contributed by atoms with van der Waals surface area (Å²) in [7, 11) is 0. The van der Waals surface area contributed by atoms with Crippen molar-refractivity contribution in [3.05, 3.63) is 30.3 Å². The average molecular weight is 223 g/mol. The molecule has 0 amide bonds. The number of carboxylic acid groups (broad SMARTS) is 1. The second kappa shape index (κ2) is 5.87. The Bertz CT molecular complexity index is 364. The van der Waals surface area contributed by atoms with Crippen molar-refractivity contribution in [3.8, 4) is 0 Å². The summed E-state index contributed by atoms with van der Waals surface area (Å²) in [5.41, 5.74) is 0.626. The van der Waals surface area contributed by atoms with Gasteiger partial charge in [0.15, 0.2) is 5.78 Å². The number of benzene rings is 1. The van der Waals surface area contributed by atoms with Crippen molar-refractivity contribution in [2.75, 3.05) is 11.9 Å². The number of carboxylic acids is 1. The Labute approximate surface area is 92.7 Å². The molecule has 0 bridgehead atoms. The lowest BCUT2D eigenvalue weighted by molar-refractivity contribution is -0.139. The average Bonchev–Trinajstić information content (AvgIpc) is 2.29. The monoisotopic (exact) mass is 223 g/mol. The van der Waals surface area contributed by atoms with Crippen LogP contribution in [0, 0.1) is 0 Å². The SMILES string of the molecule is O=C(CO)C[C@H](Nc1ccccc1)C(=O)O. The number of hydrogen-bond donors (Lipinski definition) is 3. The van der Waals surface area contributed by atoms with Crippen LogP contribution < -0.4 is 5.32 Å². The van der Waals surface area contributed by atoms with Crippen LogP contribution in [0.2, 0.25) is 0 Å². The molecule has 5 nitrogen and oxygen atoms in total. The first-order valence-corrected chi connectivity index (χ1v) is 4.80. The Hall–Kier alpha value is -1.88. The van der Waals surface area contributed by atoms with E-state index in [9.17, 15) is 9.59 Å². The third-order valence-corrected chi connectivity index (χ3v) is 2.02. The van der Waals surface area contributed by atoms with Gasteiger partial charge in [0.05, 0.1) is 0 Å². The van der Waals surface area contributed by atoms with E-state index in [2.05, 4.69) is 5.32 Å². The van der Waals surface area contributed by atoms with Crippen molar-refractivity contribution in [2.45, 2.75) is 12.5 Å². The lowest BCUT2D eigenvalue weighted by atomic mass is 10.1. The Morgan fingerprint density at radius 3 is 2.38 bits per heavy atom. The molecule has 86 valence electrons. The maximum atomic E-state index is 11.0. The second-order valence-corrected chi connectivity index (χ2v) is 3.30. The normalized spacial score (nSPS) is 11.8. The summed E-state index contributed by atoms with van der Waals surface area (Å²) in [6.07, 6.45) is -0.235. The van der Waals surface area contributed by atoms with E-state index >= 15 is 0 Å². The number of Topliss-reactive ketones (excluding diaryl/α,β-unsaturated/α-hetero) is 1. The number of anilines is 1. The third kappa shape index (κ3) is 3.70. The van der Waals surface area contributed by atoms with Crippen LogP contribution in [0.25, 0.3) is 0 Å². The van der Waals surface area contributed by atoms with E-state index < -0.39 is 24.4 Å². The summed E-state index contributed by atoms with van der Waals surface area (Å²) in [6, 6.07) is 7.73. The van der Waals surface area contributed by atoms with Crippen molar-refractivity contribution in [2.24, 2.45) is 0 Å². The Morgan fingerprint density at radius 2 is 1.88 bits per heavy atom. The molecule has 3 N–H and O–H groups in total. The van der Waals surface area contributed by atoms with Crippen LogP contribution in [0.1, 0.15) is 6.42 Å². The first-order chi connectivity index (χ1) is 7.63. The Morgan fingerprint density at radius 1 is 1.25 bits per heavy atom. The molecule has 0 fully saturated rings. The molecule has 0 heterocycles. The van der Waals surface area contributed by atoms with E-state index in [1.54, 1.807) is 30.3 Å². The Kier molecular flexibility index (Phi) is 4.47. The van der Waals surface area contributed by atoms with Crippen molar-refractivity contribution in [1.29, 1.82) is 0 Å². The number of ketones is 1. The minimum absolute atomic E-state index is 0.235. The fourth-order valence-electron chi connectivity index (χ4n) is 1.23. The van der Waals surface area contributed by atoms with Gasteiger partial charge in [-0.1, -0.05) is 18.2 Å². The molecule has 0 radical (unpaired) electrons. The number of rotatable bonds is 6. The number of hydrogen-bond acceptors (Lipinski definition) is 4. The van der Waals surface area contributed by atoms with Crippen LogP contribution in [0.3, 0.4) is 0 Å². The molecule has 1 aromatic carbocycles. The molecule has 1 rings (SSSR count). The molecule has 0 spiro atoms. The molecule has 1 atom stereocenters. The van der Waals surface area contributed by atoms with Gasteiger partial charge in [0.25, 0.3) is 0 Å². The fourth-order valence-corrected chi connectivity index (χ4v) is 1.23. The molecule has 16 heavy (non-hydrogen) atoms. The summed E-state index contributed by atoms with van der Waals surface area (Å²) in [5.74, 6) is -1.62. The highest BCUT2D eigenvalue weighted by molar-refractivity contribution is 5.88. The first-order valence-electron chi connectivity index (χ1n) is 4.80. The van der Waals surface area contributed by atoms with E-state index in [0.717, 1.165) is 0 Å². The van der Waals surface area contributed by atoms with Gasteiger partial charge in [-0.05, 0) is 12.1 Å². The summed E-state index contributed by atoms with van der Waals surface area (Å²) in [4.78, 5) is 21.8. The highest BCUT2D eigenvalue weighted by atomic mass is 16.4. The van der Waals surface area contributed by atoms with Gasteiger partial charge < -0.3 is 15.5 Å². The zero-order valence-corrected chi connectivity index (χ0v) is 8.59. The standard InChI is InChI=1S/C11H13NO4/c13-7-9(14)6-10(11(15)16)12-8-4-2-1-3-5-8/h1-5,10,12-13H,6-7H2,(H,15,16)/t10-/m0/s1. The van der Waals surface area contributed by atoms with Crippen molar-refractivity contribution >= 4 is 17.4 Å². The quantitative estimate of drug-likeness (QED) is 0.654.